The highest BCUT2D eigenvalue weighted by atomic mass is 16.6. The van der Waals surface area contributed by atoms with Crippen LogP contribution in [-0.2, 0) is 30.3 Å². The summed E-state index contributed by atoms with van der Waals surface area (Å²) in [6.07, 6.45) is 0.703. The van der Waals surface area contributed by atoms with Crippen molar-refractivity contribution in [3.8, 4) is 0 Å². The van der Waals surface area contributed by atoms with E-state index in [9.17, 15) is 19.5 Å². The molecular weight excluding hydrogens is 362 g/mol. The maximum atomic E-state index is 12.8. The van der Waals surface area contributed by atoms with Crippen LogP contribution in [0.15, 0.2) is 24.3 Å². The summed E-state index contributed by atoms with van der Waals surface area (Å²) in [5, 5.41) is 11.2. The molecule has 1 aromatic rings. The molecular formula is C21H23NO6. The third kappa shape index (κ3) is 2.35. The Hall–Kier alpha value is -2.41. The normalized spacial score (nSPS) is 38.2. The highest BCUT2D eigenvalue weighted by molar-refractivity contribution is 5.89. The molecule has 7 nitrogen and oxygen atoms in total. The molecule has 5 aliphatic rings. The minimum atomic E-state index is -1.20. The number of esters is 2. The Balaban J connectivity index is 1.44. The van der Waals surface area contributed by atoms with Crippen LogP contribution >= 0.6 is 0 Å². The summed E-state index contributed by atoms with van der Waals surface area (Å²) >= 11 is 0. The van der Waals surface area contributed by atoms with Crippen molar-refractivity contribution in [2.24, 2.45) is 17.8 Å². The number of hydrogen-bond donors (Lipinski definition) is 1. The number of Topliss-reactive ketones (excluding diaryl/α,β-unsaturated/α-hetero) is 1. The Morgan fingerprint density at radius 2 is 2.07 bits per heavy atom. The van der Waals surface area contributed by atoms with Crippen LogP contribution in [0.4, 0.5) is 5.69 Å². The Labute approximate surface area is 162 Å². The second-order valence-corrected chi connectivity index (χ2v) is 8.44. The third-order valence-corrected chi connectivity index (χ3v) is 7.17. The van der Waals surface area contributed by atoms with Gasteiger partial charge in [0.05, 0.1) is 25.9 Å². The van der Waals surface area contributed by atoms with Gasteiger partial charge in [0.25, 0.3) is 0 Å². The summed E-state index contributed by atoms with van der Waals surface area (Å²) in [5.74, 6) is -1.14. The number of benzene rings is 1. The highest BCUT2D eigenvalue weighted by Crippen LogP contribution is 2.58. The lowest BCUT2D eigenvalue weighted by atomic mass is 9.53. The molecule has 2 aliphatic heterocycles. The molecule has 2 saturated heterocycles. The van der Waals surface area contributed by atoms with Crippen molar-refractivity contribution in [3.63, 3.8) is 0 Å². The Kier molecular flexibility index (Phi) is 3.81. The largest absolute Gasteiger partial charge is 0.469 e. The first-order valence-corrected chi connectivity index (χ1v) is 9.79. The third-order valence-electron chi connectivity index (χ3n) is 7.17. The number of hydrogen-bond acceptors (Lipinski definition) is 7. The van der Waals surface area contributed by atoms with E-state index in [4.69, 9.17) is 9.47 Å². The van der Waals surface area contributed by atoms with Crippen molar-refractivity contribution in [2.75, 3.05) is 18.6 Å². The first kappa shape index (κ1) is 17.7. The summed E-state index contributed by atoms with van der Waals surface area (Å²) in [6.45, 7) is 0.794. The number of ketones is 1. The fraction of sp³-hybridized carbons (Fsp3) is 0.571. The molecule has 1 N–H and O–H groups in total. The number of ether oxygens (including phenoxy) is 2. The van der Waals surface area contributed by atoms with Gasteiger partial charge < -0.3 is 19.5 Å². The van der Waals surface area contributed by atoms with Crippen molar-refractivity contribution in [3.05, 3.63) is 29.8 Å². The van der Waals surface area contributed by atoms with Gasteiger partial charge in [-0.25, -0.2) is 0 Å². The molecule has 148 valence electrons. The van der Waals surface area contributed by atoms with Crippen molar-refractivity contribution in [2.45, 2.75) is 43.4 Å². The number of carbonyl (C=O) groups excluding carboxylic acids is 3. The van der Waals surface area contributed by atoms with Crippen molar-refractivity contribution in [1.82, 2.24) is 0 Å². The second kappa shape index (κ2) is 6.04. The zero-order valence-corrected chi connectivity index (χ0v) is 15.7. The minimum Gasteiger partial charge on any atom is -0.469 e. The molecule has 0 spiro atoms. The van der Waals surface area contributed by atoms with Gasteiger partial charge in [0.1, 0.15) is 17.5 Å². The molecule has 7 heteroatoms. The average Bonchev–Trinajstić information content (AvgIpc) is 3.24. The van der Waals surface area contributed by atoms with Crippen LogP contribution in [0.3, 0.4) is 0 Å². The van der Waals surface area contributed by atoms with E-state index >= 15 is 0 Å². The summed E-state index contributed by atoms with van der Waals surface area (Å²) < 4.78 is 10.2. The summed E-state index contributed by atoms with van der Waals surface area (Å²) in [6, 6.07) is 7.65. The van der Waals surface area contributed by atoms with Crippen LogP contribution in [0.25, 0.3) is 0 Å². The SMILES string of the molecule is COC(=O)Cc1ccc(N2CC[C@@H]3[C@H]2[C@@H]2C(=O)C[C@H]3[C@@]3(O)CC(=O)O[C@@H]23)cc1. The molecule has 3 saturated carbocycles. The van der Waals surface area contributed by atoms with Crippen LogP contribution in [0.1, 0.15) is 24.8 Å². The maximum Gasteiger partial charge on any atom is 0.309 e. The first-order valence-electron chi connectivity index (χ1n) is 9.79. The Morgan fingerprint density at radius 3 is 2.79 bits per heavy atom. The number of rotatable bonds is 3. The van der Waals surface area contributed by atoms with Crippen LogP contribution in [0.5, 0.6) is 0 Å². The van der Waals surface area contributed by atoms with E-state index in [0.29, 0.717) is 6.42 Å². The fourth-order valence-electron chi connectivity index (χ4n) is 6.02. The topological polar surface area (TPSA) is 93.1 Å². The van der Waals surface area contributed by atoms with Gasteiger partial charge >= 0.3 is 11.9 Å². The van der Waals surface area contributed by atoms with Crippen LogP contribution in [-0.4, -0.2) is 54.2 Å². The number of carbonyl (C=O) groups is 3. The predicted molar refractivity (Wildman–Crippen MR) is 97.5 cm³/mol. The van der Waals surface area contributed by atoms with E-state index in [2.05, 4.69) is 4.90 Å². The quantitative estimate of drug-likeness (QED) is 0.772. The molecule has 28 heavy (non-hydrogen) atoms. The van der Waals surface area contributed by atoms with E-state index in [-0.39, 0.29) is 42.5 Å². The van der Waals surface area contributed by atoms with Crippen LogP contribution in [0.2, 0.25) is 0 Å². The Morgan fingerprint density at radius 1 is 1.32 bits per heavy atom. The zero-order valence-electron chi connectivity index (χ0n) is 15.7. The monoisotopic (exact) mass is 385 g/mol. The van der Waals surface area contributed by atoms with E-state index in [1.165, 1.54) is 7.11 Å². The number of fused-ring (bicyclic) bond motifs is 1. The van der Waals surface area contributed by atoms with Crippen molar-refractivity contribution < 1.29 is 29.0 Å². The first-order chi connectivity index (χ1) is 13.4. The number of nitrogens with zero attached hydrogens (tertiary/aromatic N) is 1. The molecule has 0 amide bonds. The molecule has 0 radical (unpaired) electrons. The zero-order chi connectivity index (χ0) is 19.6. The van der Waals surface area contributed by atoms with Crippen LogP contribution in [0, 0.1) is 17.8 Å². The fourth-order valence-corrected chi connectivity index (χ4v) is 6.02. The van der Waals surface area contributed by atoms with Crippen molar-refractivity contribution >= 4 is 23.4 Å². The Bertz CT molecular complexity index is 851. The molecule has 3 aliphatic carbocycles. The smallest absolute Gasteiger partial charge is 0.309 e. The second-order valence-electron chi connectivity index (χ2n) is 8.44. The summed E-state index contributed by atoms with van der Waals surface area (Å²) in [5.41, 5.74) is 0.651. The molecule has 2 heterocycles. The number of aliphatic hydroxyl groups is 1. The van der Waals surface area contributed by atoms with Crippen LogP contribution < -0.4 is 4.90 Å². The maximum absolute atomic E-state index is 12.8. The molecule has 0 aromatic heterocycles. The molecule has 5 fully saturated rings. The number of anilines is 1. The van der Waals surface area contributed by atoms with E-state index < -0.39 is 23.6 Å². The highest BCUT2D eigenvalue weighted by Gasteiger charge is 2.71. The van der Waals surface area contributed by atoms with Gasteiger partial charge in [0.2, 0.25) is 0 Å². The number of methoxy groups -OCH3 is 1. The molecule has 6 rings (SSSR count). The molecule has 1 aromatic carbocycles. The molecule has 2 bridgehead atoms. The van der Waals surface area contributed by atoms with Gasteiger partial charge in [-0.1, -0.05) is 12.1 Å². The minimum absolute atomic E-state index is 0.00242. The van der Waals surface area contributed by atoms with E-state index in [0.717, 1.165) is 24.2 Å². The summed E-state index contributed by atoms with van der Waals surface area (Å²) in [7, 11) is 1.37. The summed E-state index contributed by atoms with van der Waals surface area (Å²) in [4.78, 5) is 38.4. The van der Waals surface area contributed by atoms with E-state index in [1.54, 1.807) is 0 Å². The van der Waals surface area contributed by atoms with Gasteiger partial charge in [0.15, 0.2) is 0 Å². The average molecular weight is 385 g/mol. The predicted octanol–water partition coefficient (Wildman–Crippen LogP) is 0.862. The molecule has 0 unspecified atom stereocenters. The lowest BCUT2D eigenvalue weighted by Gasteiger charge is -2.55. The van der Waals surface area contributed by atoms with Gasteiger partial charge in [-0.05, 0) is 30.0 Å². The van der Waals surface area contributed by atoms with Gasteiger partial charge in [-0.15, -0.1) is 0 Å². The lowest BCUT2D eigenvalue weighted by Crippen LogP contribution is -2.69. The van der Waals surface area contributed by atoms with Gasteiger partial charge in [-0.2, -0.15) is 0 Å². The van der Waals surface area contributed by atoms with Crippen molar-refractivity contribution in [1.29, 1.82) is 0 Å². The standard InChI is InChI=1S/C21H23NO6/c1-27-16(24)8-11-2-4-12(5-3-11)22-7-6-13-14-9-15(23)18(19(13)22)20-21(14,26)10-17(25)28-20/h2-5,13-14,18-20,26H,6-10H2,1H3/t13-,14+,18-,19-,20-,21-/m0/s1. The van der Waals surface area contributed by atoms with Gasteiger partial charge in [0, 0.05) is 30.6 Å². The van der Waals surface area contributed by atoms with Gasteiger partial charge in [-0.3, -0.25) is 14.4 Å². The lowest BCUT2D eigenvalue weighted by molar-refractivity contribution is -0.188. The molecule has 6 atom stereocenters. The van der Waals surface area contributed by atoms with E-state index in [1.807, 2.05) is 24.3 Å².